The quantitative estimate of drug-likeness (QED) is 0.906. The summed E-state index contributed by atoms with van der Waals surface area (Å²) in [5, 5.41) is 12.7. The number of rotatable bonds is 4. The summed E-state index contributed by atoms with van der Waals surface area (Å²) >= 11 is 6.61. The van der Waals surface area contributed by atoms with Gasteiger partial charge in [-0.05, 0) is 42.8 Å². The van der Waals surface area contributed by atoms with Crippen LogP contribution in [0.25, 0.3) is 0 Å². The molecule has 0 aliphatic heterocycles. The molecule has 0 radical (unpaired) electrons. The van der Waals surface area contributed by atoms with Crippen molar-refractivity contribution >= 4 is 40.4 Å². The molecule has 0 fully saturated rings. The number of carbonyl (C=O) groups excluding carboxylic acids is 2. The highest BCUT2D eigenvalue weighted by Gasteiger charge is 2.12. The summed E-state index contributed by atoms with van der Waals surface area (Å²) in [4.78, 5) is 23.4. The largest absolute Gasteiger partial charge is 0.352 e. The van der Waals surface area contributed by atoms with Crippen LogP contribution in [0.4, 0.5) is 5.69 Å². The molecule has 104 valence electrons. The highest BCUT2D eigenvalue weighted by Crippen LogP contribution is 2.17. The number of nitrogens with zero attached hydrogens (tertiary/aromatic N) is 2. The average molecular weight is 311 g/mol. The zero-order valence-electron chi connectivity index (χ0n) is 10.5. The highest BCUT2D eigenvalue weighted by atomic mass is 35.5. The van der Waals surface area contributed by atoms with E-state index in [1.54, 1.807) is 24.3 Å². The first kappa shape index (κ1) is 14.4. The molecule has 1 heterocycles. The molecule has 0 atom stereocenters. The van der Waals surface area contributed by atoms with Crippen LogP contribution in [0.2, 0.25) is 4.47 Å². The van der Waals surface area contributed by atoms with Gasteiger partial charge in [-0.3, -0.25) is 9.59 Å². The van der Waals surface area contributed by atoms with E-state index in [0.29, 0.717) is 17.8 Å². The molecule has 0 spiro atoms. The van der Waals surface area contributed by atoms with Gasteiger partial charge in [-0.1, -0.05) is 11.3 Å². The van der Waals surface area contributed by atoms with Crippen LogP contribution < -0.4 is 10.6 Å². The van der Waals surface area contributed by atoms with Gasteiger partial charge < -0.3 is 10.6 Å². The molecule has 2 amide bonds. The molecular formula is C12H11ClN4O2S. The van der Waals surface area contributed by atoms with Crippen LogP contribution in [-0.2, 0) is 0 Å². The number of halogens is 1. The Morgan fingerprint density at radius 3 is 2.45 bits per heavy atom. The molecule has 0 bridgehead atoms. The van der Waals surface area contributed by atoms with Gasteiger partial charge in [-0.25, -0.2) is 0 Å². The van der Waals surface area contributed by atoms with Gasteiger partial charge in [0.05, 0.1) is 0 Å². The maximum absolute atomic E-state index is 11.8. The molecule has 2 rings (SSSR count). The number of amides is 2. The van der Waals surface area contributed by atoms with Crippen molar-refractivity contribution in [2.75, 3.05) is 11.9 Å². The normalized spacial score (nSPS) is 10.1. The minimum atomic E-state index is -0.389. The van der Waals surface area contributed by atoms with Gasteiger partial charge in [0.25, 0.3) is 11.8 Å². The second kappa shape index (κ2) is 6.44. The first-order valence-corrected chi connectivity index (χ1v) is 6.98. The number of carbonyl (C=O) groups is 2. The van der Waals surface area contributed by atoms with Gasteiger partial charge in [0, 0.05) is 17.8 Å². The molecule has 0 saturated heterocycles. The Bertz CT molecular complexity index is 627. The SMILES string of the molecule is CCNC(=O)c1ccc(NC(=O)c2nnc(Cl)s2)cc1. The Labute approximate surface area is 124 Å². The van der Waals surface area contributed by atoms with Crippen molar-refractivity contribution in [3.05, 3.63) is 39.3 Å². The molecule has 1 aromatic carbocycles. The lowest BCUT2D eigenvalue weighted by molar-refractivity contribution is 0.0955. The third-order valence-corrected chi connectivity index (χ3v) is 3.35. The van der Waals surface area contributed by atoms with E-state index in [9.17, 15) is 9.59 Å². The molecule has 2 N–H and O–H groups in total. The molecule has 6 nitrogen and oxygen atoms in total. The number of hydrogen-bond donors (Lipinski definition) is 2. The fraction of sp³-hybridized carbons (Fsp3) is 0.167. The summed E-state index contributed by atoms with van der Waals surface area (Å²) in [6.07, 6.45) is 0. The summed E-state index contributed by atoms with van der Waals surface area (Å²) in [5.74, 6) is -0.540. The summed E-state index contributed by atoms with van der Waals surface area (Å²) in [6, 6.07) is 6.55. The average Bonchev–Trinajstić information content (AvgIpc) is 2.86. The van der Waals surface area contributed by atoms with Crippen LogP contribution in [-0.4, -0.2) is 28.6 Å². The monoisotopic (exact) mass is 310 g/mol. The predicted octanol–water partition coefficient (Wildman–Crippen LogP) is 2.19. The standard InChI is InChI=1S/C12H11ClN4O2S/c1-2-14-9(18)7-3-5-8(6-4-7)15-10(19)11-16-17-12(13)20-11/h3-6H,2H2,1H3,(H,14,18)(H,15,19). The molecule has 8 heteroatoms. The lowest BCUT2D eigenvalue weighted by atomic mass is 10.2. The van der Waals surface area contributed by atoms with Gasteiger partial charge in [0.15, 0.2) is 0 Å². The van der Waals surface area contributed by atoms with E-state index in [2.05, 4.69) is 20.8 Å². The Kier molecular flexibility index (Phi) is 4.65. The van der Waals surface area contributed by atoms with Gasteiger partial charge in [-0.15, -0.1) is 10.2 Å². The van der Waals surface area contributed by atoms with Gasteiger partial charge in [0.1, 0.15) is 0 Å². The second-order valence-electron chi connectivity index (χ2n) is 3.75. The topological polar surface area (TPSA) is 84.0 Å². The van der Waals surface area contributed by atoms with Gasteiger partial charge in [0.2, 0.25) is 9.47 Å². The van der Waals surface area contributed by atoms with Crippen LogP contribution in [0.3, 0.4) is 0 Å². The van der Waals surface area contributed by atoms with E-state index in [1.165, 1.54) is 0 Å². The molecular weight excluding hydrogens is 300 g/mol. The molecule has 0 aliphatic rings. The first-order chi connectivity index (χ1) is 9.60. The molecule has 20 heavy (non-hydrogen) atoms. The van der Waals surface area contributed by atoms with Gasteiger partial charge >= 0.3 is 0 Å². The highest BCUT2D eigenvalue weighted by molar-refractivity contribution is 7.17. The second-order valence-corrected chi connectivity index (χ2v) is 5.31. The van der Waals surface area contributed by atoms with E-state index in [0.717, 1.165) is 11.3 Å². The summed E-state index contributed by atoms with van der Waals surface area (Å²) in [5.41, 5.74) is 1.10. The van der Waals surface area contributed by atoms with E-state index in [-0.39, 0.29) is 21.3 Å². The van der Waals surface area contributed by atoms with Crippen molar-refractivity contribution < 1.29 is 9.59 Å². The minimum absolute atomic E-state index is 0.152. The zero-order valence-corrected chi connectivity index (χ0v) is 12.1. The maximum Gasteiger partial charge on any atom is 0.286 e. The maximum atomic E-state index is 11.8. The van der Waals surface area contributed by atoms with Crippen molar-refractivity contribution in [2.45, 2.75) is 6.92 Å². The van der Waals surface area contributed by atoms with Crippen LogP contribution in [0.15, 0.2) is 24.3 Å². The summed E-state index contributed by atoms with van der Waals surface area (Å²) < 4.78 is 0.210. The fourth-order valence-corrected chi connectivity index (χ4v) is 2.17. The zero-order chi connectivity index (χ0) is 14.5. The van der Waals surface area contributed by atoms with Crippen molar-refractivity contribution in [3.63, 3.8) is 0 Å². The Balaban J connectivity index is 2.04. The number of aromatic nitrogens is 2. The smallest absolute Gasteiger partial charge is 0.286 e. The Hall–Kier alpha value is -1.99. The molecule has 2 aromatic rings. The molecule has 0 saturated carbocycles. The molecule has 1 aromatic heterocycles. The Morgan fingerprint density at radius 2 is 1.90 bits per heavy atom. The predicted molar refractivity (Wildman–Crippen MR) is 77.3 cm³/mol. The molecule has 0 unspecified atom stereocenters. The third kappa shape index (κ3) is 3.52. The van der Waals surface area contributed by atoms with Crippen LogP contribution >= 0.6 is 22.9 Å². The van der Waals surface area contributed by atoms with Crippen molar-refractivity contribution in [1.82, 2.24) is 15.5 Å². The van der Waals surface area contributed by atoms with E-state index < -0.39 is 0 Å². The lowest BCUT2D eigenvalue weighted by Gasteiger charge is -2.05. The van der Waals surface area contributed by atoms with Crippen LogP contribution in [0, 0.1) is 0 Å². The van der Waals surface area contributed by atoms with Crippen molar-refractivity contribution in [1.29, 1.82) is 0 Å². The van der Waals surface area contributed by atoms with Crippen molar-refractivity contribution in [3.8, 4) is 0 Å². The number of anilines is 1. The van der Waals surface area contributed by atoms with Gasteiger partial charge in [-0.2, -0.15) is 0 Å². The van der Waals surface area contributed by atoms with E-state index in [4.69, 9.17) is 11.6 Å². The number of benzene rings is 1. The van der Waals surface area contributed by atoms with Crippen LogP contribution in [0.1, 0.15) is 27.1 Å². The first-order valence-electron chi connectivity index (χ1n) is 5.78. The molecule has 0 aliphatic carbocycles. The summed E-state index contributed by atoms with van der Waals surface area (Å²) in [7, 11) is 0. The number of nitrogens with one attached hydrogen (secondary N) is 2. The minimum Gasteiger partial charge on any atom is -0.352 e. The van der Waals surface area contributed by atoms with Crippen LogP contribution in [0.5, 0.6) is 0 Å². The van der Waals surface area contributed by atoms with Crippen molar-refractivity contribution in [2.24, 2.45) is 0 Å². The van der Waals surface area contributed by atoms with E-state index in [1.807, 2.05) is 6.92 Å². The summed E-state index contributed by atoms with van der Waals surface area (Å²) in [6.45, 7) is 2.41. The Morgan fingerprint density at radius 1 is 1.20 bits per heavy atom. The lowest BCUT2D eigenvalue weighted by Crippen LogP contribution is -2.22. The fourth-order valence-electron chi connectivity index (χ4n) is 1.45. The number of hydrogen-bond acceptors (Lipinski definition) is 5. The van der Waals surface area contributed by atoms with E-state index >= 15 is 0 Å². The third-order valence-electron chi connectivity index (χ3n) is 2.34.